The van der Waals surface area contributed by atoms with Gasteiger partial charge in [0, 0.05) is 13.7 Å². The number of ether oxygens (including phenoxy) is 2. The highest BCUT2D eigenvalue weighted by Crippen LogP contribution is 2.12. The number of hydrogen-bond acceptors (Lipinski definition) is 5. The Labute approximate surface area is 112 Å². The molecule has 1 rings (SSSR count). The van der Waals surface area contributed by atoms with Gasteiger partial charge in [0.05, 0.1) is 23.7 Å². The normalized spacial score (nSPS) is 13.0. The maximum atomic E-state index is 12.0. The lowest BCUT2D eigenvalue weighted by Crippen LogP contribution is -2.31. The number of methoxy groups -OCH3 is 2. The van der Waals surface area contributed by atoms with Crippen LogP contribution in [0.2, 0.25) is 0 Å². The molecule has 0 fully saturated rings. The topological polar surface area (TPSA) is 81.7 Å². The van der Waals surface area contributed by atoms with Gasteiger partial charge in [0.2, 0.25) is 10.0 Å². The standard InChI is InChI=1S/C12H17NO5S/c1-9(17-2)8-13-19(15,16)11-6-4-5-10(7-11)12(14)18-3/h4-7,9,13H,8H2,1-3H3. The summed E-state index contributed by atoms with van der Waals surface area (Å²) in [6.45, 7) is 1.90. The van der Waals surface area contributed by atoms with Crippen LogP contribution in [0.15, 0.2) is 29.2 Å². The molecule has 106 valence electrons. The quantitative estimate of drug-likeness (QED) is 0.782. The summed E-state index contributed by atoms with van der Waals surface area (Å²) in [4.78, 5) is 11.4. The van der Waals surface area contributed by atoms with E-state index in [2.05, 4.69) is 9.46 Å². The second kappa shape index (κ2) is 6.65. The number of esters is 1. The van der Waals surface area contributed by atoms with Gasteiger partial charge in [-0.15, -0.1) is 0 Å². The number of carbonyl (C=O) groups is 1. The average molecular weight is 287 g/mol. The number of rotatable bonds is 6. The zero-order valence-electron chi connectivity index (χ0n) is 11.0. The molecule has 1 N–H and O–H groups in total. The first kappa shape index (κ1) is 15.6. The predicted octanol–water partition coefficient (Wildman–Crippen LogP) is 0.786. The Hall–Kier alpha value is -1.44. The molecule has 1 unspecified atom stereocenters. The maximum Gasteiger partial charge on any atom is 0.337 e. The molecule has 7 heteroatoms. The van der Waals surface area contributed by atoms with E-state index in [1.165, 1.54) is 38.5 Å². The van der Waals surface area contributed by atoms with Crippen molar-refractivity contribution in [3.63, 3.8) is 0 Å². The van der Waals surface area contributed by atoms with Crippen LogP contribution in [0.3, 0.4) is 0 Å². The fourth-order valence-electron chi connectivity index (χ4n) is 1.30. The number of benzene rings is 1. The summed E-state index contributed by atoms with van der Waals surface area (Å²) in [7, 11) is -0.932. The van der Waals surface area contributed by atoms with Crippen molar-refractivity contribution in [3.8, 4) is 0 Å². The summed E-state index contributed by atoms with van der Waals surface area (Å²) in [5.74, 6) is -0.581. The van der Waals surface area contributed by atoms with Gasteiger partial charge in [0.1, 0.15) is 0 Å². The largest absolute Gasteiger partial charge is 0.465 e. The highest BCUT2D eigenvalue weighted by molar-refractivity contribution is 7.89. The molecule has 0 amide bonds. The van der Waals surface area contributed by atoms with Crippen LogP contribution in [0.1, 0.15) is 17.3 Å². The summed E-state index contributed by atoms with van der Waals surface area (Å²) in [6.07, 6.45) is -0.237. The first-order valence-corrected chi connectivity index (χ1v) is 7.10. The van der Waals surface area contributed by atoms with Crippen LogP contribution in [0, 0.1) is 0 Å². The number of sulfonamides is 1. The van der Waals surface area contributed by atoms with Gasteiger partial charge in [-0.05, 0) is 25.1 Å². The van der Waals surface area contributed by atoms with Gasteiger partial charge >= 0.3 is 5.97 Å². The molecule has 0 saturated carbocycles. The molecule has 0 aliphatic heterocycles. The van der Waals surface area contributed by atoms with Crippen LogP contribution in [-0.2, 0) is 19.5 Å². The van der Waals surface area contributed by atoms with Gasteiger partial charge in [-0.25, -0.2) is 17.9 Å². The Morgan fingerprint density at radius 2 is 2.05 bits per heavy atom. The zero-order chi connectivity index (χ0) is 14.5. The third kappa shape index (κ3) is 4.30. The lowest BCUT2D eigenvalue weighted by atomic mass is 10.2. The van der Waals surface area contributed by atoms with Crippen LogP contribution in [0.5, 0.6) is 0 Å². The van der Waals surface area contributed by atoms with Crippen molar-refractivity contribution in [1.82, 2.24) is 4.72 Å². The second-order valence-electron chi connectivity index (χ2n) is 3.92. The van der Waals surface area contributed by atoms with E-state index in [0.29, 0.717) is 0 Å². The zero-order valence-corrected chi connectivity index (χ0v) is 11.9. The maximum absolute atomic E-state index is 12.0. The Morgan fingerprint density at radius 1 is 1.37 bits per heavy atom. The average Bonchev–Trinajstić information content (AvgIpc) is 2.44. The summed E-state index contributed by atoms with van der Waals surface area (Å²) >= 11 is 0. The molecule has 0 bridgehead atoms. The molecule has 0 aromatic heterocycles. The first-order chi connectivity index (χ1) is 8.90. The summed E-state index contributed by atoms with van der Waals surface area (Å²) < 4.78 is 35.9. The molecule has 0 heterocycles. The van der Waals surface area contributed by atoms with E-state index in [-0.39, 0.29) is 23.1 Å². The van der Waals surface area contributed by atoms with Gasteiger partial charge in [-0.1, -0.05) is 6.07 Å². The van der Waals surface area contributed by atoms with Gasteiger partial charge in [-0.3, -0.25) is 0 Å². The minimum absolute atomic E-state index is 0.0127. The van der Waals surface area contributed by atoms with E-state index < -0.39 is 16.0 Å². The number of nitrogens with one attached hydrogen (secondary N) is 1. The molecule has 1 aromatic rings. The molecule has 19 heavy (non-hydrogen) atoms. The Balaban J connectivity index is 2.92. The summed E-state index contributed by atoms with van der Waals surface area (Å²) in [5.41, 5.74) is 0.185. The minimum atomic E-state index is -3.67. The summed E-state index contributed by atoms with van der Waals surface area (Å²) in [6, 6.07) is 5.65. The molecule has 0 saturated heterocycles. The lowest BCUT2D eigenvalue weighted by molar-refractivity contribution is 0.0600. The van der Waals surface area contributed by atoms with Gasteiger partial charge in [-0.2, -0.15) is 0 Å². The van der Waals surface area contributed by atoms with Crippen LogP contribution in [0.25, 0.3) is 0 Å². The van der Waals surface area contributed by atoms with Crippen molar-refractivity contribution < 1.29 is 22.7 Å². The lowest BCUT2D eigenvalue weighted by Gasteiger charge is -2.11. The van der Waals surface area contributed by atoms with Gasteiger partial charge in [0.15, 0.2) is 0 Å². The number of hydrogen-bond donors (Lipinski definition) is 1. The fraction of sp³-hybridized carbons (Fsp3) is 0.417. The SMILES string of the molecule is COC(=O)c1cccc(S(=O)(=O)NCC(C)OC)c1. The Bertz CT molecular complexity index is 541. The molecule has 0 spiro atoms. The molecule has 6 nitrogen and oxygen atoms in total. The van der Waals surface area contributed by atoms with Crippen LogP contribution >= 0.6 is 0 Å². The predicted molar refractivity (Wildman–Crippen MR) is 69.4 cm³/mol. The summed E-state index contributed by atoms with van der Waals surface area (Å²) in [5, 5.41) is 0. The van der Waals surface area contributed by atoms with Crippen LogP contribution in [0.4, 0.5) is 0 Å². The van der Waals surface area contributed by atoms with Gasteiger partial charge in [0.25, 0.3) is 0 Å². The minimum Gasteiger partial charge on any atom is -0.465 e. The van der Waals surface area contributed by atoms with Crippen LogP contribution in [-0.4, -0.2) is 41.3 Å². The third-order valence-electron chi connectivity index (χ3n) is 2.53. The van der Waals surface area contributed by atoms with E-state index in [0.717, 1.165) is 0 Å². The molecule has 1 aromatic carbocycles. The van der Waals surface area contributed by atoms with Crippen molar-refractivity contribution >= 4 is 16.0 Å². The smallest absolute Gasteiger partial charge is 0.337 e. The molecule has 1 atom stereocenters. The molecular weight excluding hydrogens is 270 g/mol. The van der Waals surface area contributed by atoms with E-state index >= 15 is 0 Å². The Morgan fingerprint density at radius 3 is 2.63 bits per heavy atom. The second-order valence-corrected chi connectivity index (χ2v) is 5.68. The highest BCUT2D eigenvalue weighted by atomic mass is 32.2. The van der Waals surface area contributed by atoms with Crippen molar-refractivity contribution in [1.29, 1.82) is 0 Å². The van der Waals surface area contributed by atoms with E-state index in [4.69, 9.17) is 4.74 Å². The molecule has 0 aliphatic carbocycles. The van der Waals surface area contributed by atoms with Crippen LogP contribution < -0.4 is 4.72 Å². The van der Waals surface area contributed by atoms with Crippen molar-refractivity contribution in [2.24, 2.45) is 0 Å². The number of carbonyl (C=O) groups excluding carboxylic acids is 1. The third-order valence-corrected chi connectivity index (χ3v) is 3.95. The molecule has 0 aliphatic rings. The van der Waals surface area contributed by atoms with Crippen molar-refractivity contribution in [3.05, 3.63) is 29.8 Å². The first-order valence-electron chi connectivity index (χ1n) is 5.61. The van der Waals surface area contributed by atoms with Crippen molar-refractivity contribution in [2.75, 3.05) is 20.8 Å². The van der Waals surface area contributed by atoms with Crippen molar-refractivity contribution in [2.45, 2.75) is 17.9 Å². The van der Waals surface area contributed by atoms with E-state index in [1.54, 1.807) is 6.92 Å². The fourth-order valence-corrected chi connectivity index (χ4v) is 2.46. The Kier molecular flexibility index (Phi) is 5.46. The van der Waals surface area contributed by atoms with E-state index in [9.17, 15) is 13.2 Å². The molecule has 0 radical (unpaired) electrons. The van der Waals surface area contributed by atoms with E-state index in [1.807, 2.05) is 0 Å². The monoisotopic (exact) mass is 287 g/mol. The highest BCUT2D eigenvalue weighted by Gasteiger charge is 2.17. The molecular formula is C12H17NO5S. The van der Waals surface area contributed by atoms with Gasteiger partial charge < -0.3 is 9.47 Å².